The fourth-order valence-corrected chi connectivity index (χ4v) is 2.59. The maximum absolute atomic E-state index is 11.9. The van der Waals surface area contributed by atoms with Crippen LogP contribution in [0.1, 0.15) is 12.0 Å². The molecule has 1 aromatic rings. The van der Waals surface area contributed by atoms with E-state index in [9.17, 15) is 9.90 Å². The van der Waals surface area contributed by atoms with Gasteiger partial charge in [0.2, 0.25) is 5.91 Å². The van der Waals surface area contributed by atoms with Crippen LogP contribution in [0.15, 0.2) is 22.7 Å². The van der Waals surface area contributed by atoms with Crippen molar-refractivity contribution < 1.29 is 9.90 Å². The van der Waals surface area contributed by atoms with Gasteiger partial charge in [-0.25, -0.2) is 0 Å². The molecule has 5 heteroatoms. The molecule has 1 saturated heterocycles. The number of halogens is 1. The van der Waals surface area contributed by atoms with Crippen molar-refractivity contribution in [3.63, 3.8) is 0 Å². The van der Waals surface area contributed by atoms with Crippen molar-refractivity contribution in [1.29, 1.82) is 0 Å². The zero-order valence-electron chi connectivity index (χ0n) is 10.3. The molecule has 0 bridgehead atoms. The van der Waals surface area contributed by atoms with Crippen LogP contribution in [0.5, 0.6) is 0 Å². The molecule has 18 heavy (non-hydrogen) atoms. The molecule has 4 nitrogen and oxygen atoms in total. The van der Waals surface area contributed by atoms with Gasteiger partial charge in [0.25, 0.3) is 0 Å². The Hall–Kier alpha value is -0.910. The minimum atomic E-state index is -0.285. The van der Waals surface area contributed by atoms with Crippen molar-refractivity contribution in [3.05, 3.63) is 28.2 Å². The highest BCUT2D eigenvalue weighted by Gasteiger charge is 2.22. The van der Waals surface area contributed by atoms with E-state index < -0.39 is 0 Å². The monoisotopic (exact) mass is 312 g/mol. The summed E-state index contributed by atoms with van der Waals surface area (Å²) in [5, 5.41) is 12.3. The summed E-state index contributed by atoms with van der Waals surface area (Å²) in [5.74, 6) is -0.0328. The van der Waals surface area contributed by atoms with Gasteiger partial charge in [-0.2, -0.15) is 0 Å². The molecule has 0 aromatic heterocycles. The molecule has 2 N–H and O–H groups in total. The van der Waals surface area contributed by atoms with Crippen molar-refractivity contribution in [3.8, 4) is 0 Å². The summed E-state index contributed by atoms with van der Waals surface area (Å²) >= 11 is 3.39. The molecule has 2 rings (SSSR count). The van der Waals surface area contributed by atoms with Crippen LogP contribution in [0.25, 0.3) is 0 Å². The number of β-amino-alcohol motifs (C(OH)–C–C–N with tert-alkyl or cyclic N) is 1. The van der Waals surface area contributed by atoms with E-state index >= 15 is 0 Å². The maximum Gasteiger partial charge on any atom is 0.238 e. The van der Waals surface area contributed by atoms with Crippen LogP contribution in [0.2, 0.25) is 0 Å². The number of nitrogens with zero attached hydrogens (tertiary/aromatic N) is 1. The minimum absolute atomic E-state index is 0.0328. The largest absolute Gasteiger partial charge is 0.392 e. The summed E-state index contributed by atoms with van der Waals surface area (Å²) in [6, 6.07) is 5.76. The molecule has 1 aliphatic heterocycles. The molecule has 1 atom stereocenters. The second-order valence-corrected chi connectivity index (χ2v) is 5.60. The maximum atomic E-state index is 11.9. The Morgan fingerprint density at radius 2 is 2.39 bits per heavy atom. The number of likely N-dealkylation sites (tertiary alicyclic amines) is 1. The quantitative estimate of drug-likeness (QED) is 0.894. The zero-order valence-corrected chi connectivity index (χ0v) is 11.9. The lowest BCUT2D eigenvalue weighted by Crippen LogP contribution is -2.32. The standard InChI is InChI=1S/C13H17BrN2O2/c1-9-6-10(14)2-3-12(9)15-13(18)8-16-5-4-11(17)7-16/h2-3,6,11,17H,4-5,7-8H2,1H3,(H,15,18)/t11-/m1/s1. The van der Waals surface area contributed by atoms with E-state index in [1.807, 2.05) is 30.0 Å². The predicted molar refractivity (Wildman–Crippen MR) is 74.6 cm³/mol. The van der Waals surface area contributed by atoms with Crippen LogP contribution in [0, 0.1) is 6.92 Å². The minimum Gasteiger partial charge on any atom is -0.392 e. The molecular formula is C13H17BrN2O2. The lowest BCUT2D eigenvalue weighted by Gasteiger charge is -2.15. The molecular weight excluding hydrogens is 296 g/mol. The van der Waals surface area contributed by atoms with Gasteiger partial charge in [-0.3, -0.25) is 9.69 Å². The van der Waals surface area contributed by atoms with Crippen LogP contribution >= 0.6 is 15.9 Å². The summed E-state index contributed by atoms with van der Waals surface area (Å²) in [5.41, 5.74) is 1.86. The normalized spacial score (nSPS) is 20.1. The van der Waals surface area contributed by atoms with Crippen molar-refractivity contribution in [2.75, 3.05) is 25.0 Å². The predicted octanol–water partition coefficient (Wildman–Crippen LogP) is 1.76. The Labute approximate surface area is 115 Å². The van der Waals surface area contributed by atoms with Crippen LogP contribution in [0.4, 0.5) is 5.69 Å². The lowest BCUT2D eigenvalue weighted by molar-refractivity contribution is -0.117. The van der Waals surface area contributed by atoms with Crippen LogP contribution in [0.3, 0.4) is 0 Å². The number of aliphatic hydroxyl groups excluding tert-OH is 1. The third-order valence-electron chi connectivity index (χ3n) is 3.08. The number of hydrogen-bond acceptors (Lipinski definition) is 3. The highest BCUT2D eigenvalue weighted by Crippen LogP contribution is 2.20. The Morgan fingerprint density at radius 3 is 3.00 bits per heavy atom. The molecule has 0 unspecified atom stereocenters. The van der Waals surface area contributed by atoms with Gasteiger partial charge in [-0.1, -0.05) is 15.9 Å². The number of nitrogens with one attached hydrogen (secondary N) is 1. The summed E-state index contributed by atoms with van der Waals surface area (Å²) in [6.45, 7) is 3.67. The fraction of sp³-hybridized carbons (Fsp3) is 0.462. The number of rotatable bonds is 3. The molecule has 1 heterocycles. The van der Waals surface area contributed by atoms with E-state index in [0.717, 1.165) is 28.7 Å². The van der Waals surface area contributed by atoms with Crippen molar-refractivity contribution >= 4 is 27.5 Å². The second-order valence-electron chi connectivity index (χ2n) is 4.69. The Kier molecular flexibility index (Phi) is 4.37. The fourth-order valence-electron chi connectivity index (χ4n) is 2.12. The van der Waals surface area contributed by atoms with Gasteiger partial charge in [0.15, 0.2) is 0 Å². The van der Waals surface area contributed by atoms with Crippen molar-refractivity contribution in [2.24, 2.45) is 0 Å². The highest BCUT2D eigenvalue weighted by molar-refractivity contribution is 9.10. The second kappa shape index (κ2) is 5.82. The van der Waals surface area contributed by atoms with E-state index in [-0.39, 0.29) is 12.0 Å². The molecule has 0 aliphatic carbocycles. The van der Waals surface area contributed by atoms with E-state index in [1.165, 1.54) is 0 Å². The number of anilines is 1. The third-order valence-corrected chi connectivity index (χ3v) is 3.57. The summed E-state index contributed by atoms with van der Waals surface area (Å²) < 4.78 is 1.00. The first-order chi connectivity index (χ1) is 8.54. The number of aliphatic hydroxyl groups is 1. The molecule has 1 fully saturated rings. The van der Waals surface area contributed by atoms with E-state index in [1.54, 1.807) is 0 Å². The third kappa shape index (κ3) is 3.54. The smallest absolute Gasteiger partial charge is 0.238 e. The molecule has 1 aromatic carbocycles. The lowest BCUT2D eigenvalue weighted by atomic mass is 10.2. The number of benzene rings is 1. The molecule has 0 radical (unpaired) electrons. The Bertz CT molecular complexity index is 451. The van der Waals surface area contributed by atoms with Gasteiger partial charge in [-0.15, -0.1) is 0 Å². The topological polar surface area (TPSA) is 52.6 Å². The van der Waals surface area contributed by atoms with Gasteiger partial charge in [-0.05, 0) is 37.1 Å². The van der Waals surface area contributed by atoms with Crippen LogP contribution < -0.4 is 5.32 Å². The van der Waals surface area contributed by atoms with E-state index in [2.05, 4.69) is 21.2 Å². The first kappa shape index (κ1) is 13.5. The van der Waals surface area contributed by atoms with Crippen LogP contribution in [-0.4, -0.2) is 41.7 Å². The average Bonchev–Trinajstić information content (AvgIpc) is 2.68. The van der Waals surface area contributed by atoms with Gasteiger partial charge >= 0.3 is 0 Å². The highest BCUT2D eigenvalue weighted by atomic mass is 79.9. The number of carbonyl (C=O) groups is 1. The van der Waals surface area contributed by atoms with E-state index in [4.69, 9.17) is 0 Å². The summed E-state index contributed by atoms with van der Waals surface area (Å²) in [6.07, 6.45) is 0.470. The SMILES string of the molecule is Cc1cc(Br)ccc1NC(=O)CN1CC[C@@H](O)C1. The number of amides is 1. The average molecular weight is 313 g/mol. The molecule has 1 aliphatic rings. The van der Waals surface area contributed by atoms with Crippen molar-refractivity contribution in [2.45, 2.75) is 19.4 Å². The van der Waals surface area contributed by atoms with E-state index in [0.29, 0.717) is 13.1 Å². The van der Waals surface area contributed by atoms with Gasteiger partial charge < -0.3 is 10.4 Å². The Morgan fingerprint density at radius 1 is 1.61 bits per heavy atom. The zero-order chi connectivity index (χ0) is 13.1. The van der Waals surface area contributed by atoms with Gasteiger partial charge in [0.1, 0.15) is 0 Å². The Balaban J connectivity index is 1.91. The number of carbonyl (C=O) groups excluding carboxylic acids is 1. The summed E-state index contributed by atoms with van der Waals surface area (Å²) in [4.78, 5) is 13.8. The van der Waals surface area contributed by atoms with Crippen molar-refractivity contribution in [1.82, 2.24) is 4.90 Å². The molecule has 0 spiro atoms. The first-order valence-electron chi connectivity index (χ1n) is 6.01. The van der Waals surface area contributed by atoms with Gasteiger partial charge in [0.05, 0.1) is 12.6 Å². The van der Waals surface area contributed by atoms with Crippen LogP contribution in [-0.2, 0) is 4.79 Å². The molecule has 0 saturated carbocycles. The summed E-state index contributed by atoms with van der Waals surface area (Å²) in [7, 11) is 0. The number of aryl methyl sites for hydroxylation is 1. The molecule has 1 amide bonds. The number of hydrogen-bond donors (Lipinski definition) is 2. The first-order valence-corrected chi connectivity index (χ1v) is 6.80. The van der Waals surface area contributed by atoms with Gasteiger partial charge in [0, 0.05) is 23.2 Å². The molecule has 98 valence electrons.